The van der Waals surface area contributed by atoms with Gasteiger partial charge in [-0.2, -0.15) is 5.26 Å². The molecule has 1 heterocycles. The first-order chi connectivity index (χ1) is 10.1. The average Bonchev–Trinajstić information content (AvgIpc) is 2.96. The third kappa shape index (κ3) is 4.16. The van der Waals surface area contributed by atoms with Gasteiger partial charge in [-0.1, -0.05) is 49.0 Å². The van der Waals surface area contributed by atoms with Gasteiger partial charge in [0.1, 0.15) is 5.41 Å². The van der Waals surface area contributed by atoms with Gasteiger partial charge in [0, 0.05) is 29.0 Å². The predicted octanol–water partition coefficient (Wildman–Crippen LogP) is 5.26. The fourth-order valence-electron chi connectivity index (χ4n) is 2.50. The molecule has 1 aromatic heterocycles. The summed E-state index contributed by atoms with van der Waals surface area (Å²) < 4.78 is 1.92. The standard InChI is InChI=1S/C16H17Cl2N3.ClH/c1-2-3-6-16(10-19,11-21-8-7-20-12-21)14-5-4-13(17)9-15(14)18;/h4-5,7-9,12H,2-3,6,11H2,1H3;1H. The smallest absolute Gasteiger partial charge is 0.101 e. The van der Waals surface area contributed by atoms with Crippen LogP contribution >= 0.6 is 35.6 Å². The molecule has 0 aliphatic carbocycles. The molecular weight excluding hydrogens is 341 g/mol. The first kappa shape index (κ1) is 18.8. The van der Waals surface area contributed by atoms with Crippen LogP contribution < -0.4 is 0 Å². The number of aromatic nitrogens is 2. The highest BCUT2D eigenvalue weighted by atomic mass is 35.5. The summed E-state index contributed by atoms with van der Waals surface area (Å²) in [5.74, 6) is 0. The summed E-state index contributed by atoms with van der Waals surface area (Å²) in [5, 5.41) is 11.0. The lowest BCUT2D eigenvalue weighted by Gasteiger charge is -2.28. The highest BCUT2D eigenvalue weighted by molar-refractivity contribution is 6.35. The van der Waals surface area contributed by atoms with Gasteiger partial charge in [0.15, 0.2) is 0 Å². The largest absolute Gasteiger partial charge is 0.336 e. The molecule has 0 saturated carbocycles. The lowest BCUT2D eigenvalue weighted by Crippen LogP contribution is -2.30. The molecule has 3 nitrogen and oxygen atoms in total. The number of nitrogens with zero attached hydrogens (tertiary/aromatic N) is 3. The summed E-state index contributed by atoms with van der Waals surface area (Å²) in [6.45, 7) is 2.65. The summed E-state index contributed by atoms with van der Waals surface area (Å²) in [6.07, 6.45) is 8.04. The van der Waals surface area contributed by atoms with E-state index < -0.39 is 5.41 Å². The van der Waals surface area contributed by atoms with E-state index in [2.05, 4.69) is 18.0 Å². The van der Waals surface area contributed by atoms with Crippen LogP contribution in [0.1, 0.15) is 31.7 Å². The van der Waals surface area contributed by atoms with E-state index in [1.54, 1.807) is 24.7 Å². The van der Waals surface area contributed by atoms with Crippen molar-refractivity contribution in [3.05, 3.63) is 52.5 Å². The predicted molar refractivity (Wildman–Crippen MR) is 92.8 cm³/mol. The summed E-state index contributed by atoms with van der Waals surface area (Å²) in [4.78, 5) is 4.05. The average molecular weight is 359 g/mol. The Balaban J connectivity index is 0.00000242. The van der Waals surface area contributed by atoms with Crippen LogP contribution in [0.5, 0.6) is 0 Å². The van der Waals surface area contributed by atoms with Crippen LogP contribution in [0.15, 0.2) is 36.9 Å². The molecule has 0 amide bonds. The molecule has 0 spiro atoms. The van der Waals surface area contributed by atoms with Gasteiger partial charge in [0.25, 0.3) is 0 Å². The van der Waals surface area contributed by atoms with Gasteiger partial charge in [-0.15, -0.1) is 12.4 Å². The summed E-state index contributed by atoms with van der Waals surface area (Å²) >= 11 is 12.3. The maximum Gasteiger partial charge on any atom is 0.101 e. The second kappa shape index (κ2) is 8.43. The molecule has 2 aromatic rings. The van der Waals surface area contributed by atoms with E-state index in [4.69, 9.17) is 23.2 Å². The quantitative estimate of drug-likeness (QED) is 0.706. The molecule has 0 bridgehead atoms. The SMILES string of the molecule is CCCCC(C#N)(Cn1ccnc1)c1ccc(Cl)cc1Cl.Cl. The zero-order valence-electron chi connectivity index (χ0n) is 12.3. The summed E-state index contributed by atoms with van der Waals surface area (Å²) in [6, 6.07) is 7.84. The first-order valence-electron chi connectivity index (χ1n) is 6.94. The maximum atomic E-state index is 9.87. The van der Waals surface area contributed by atoms with E-state index in [0.29, 0.717) is 16.6 Å². The molecule has 1 atom stereocenters. The topological polar surface area (TPSA) is 41.6 Å². The Morgan fingerprint density at radius 2 is 2.14 bits per heavy atom. The Labute approximate surface area is 147 Å². The molecule has 2 rings (SSSR count). The van der Waals surface area contributed by atoms with Gasteiger partial charge in [0.05, 0.1) is 12.4 Å². The Kier molecular flexibility index (Phi) is 7.22. The summed E-state index contributed by atoms with van der Waals surface area (Å²) in [5.41, 5.74) is 0.163. The Hall–Kier alpha value is -1.21. The van der Waals surface area contributed by atoms with Crippen molar-refractivity contribution in [2.24, 2.45) is 0 Å². The lowest BCUT2D eigenvalue weighted by molar-refractivity contribution is 0.412. The summed E-state index contributed by atoms with van der Waals surface area (Å²) in [7, 11) is 0. The zero-order chi connectivity index (χ0) is 15.3. The molecule has 1 aromatic carbocycles. The number of rotatable bonds is 6. The second-order valence-corrected chi connectivity index (χ2v) is 6.00. The van der Waals surface area contributed by atoms with E-state index in [1.807, 2.05) is 16.8 Å². The van der Waals surface area contributed by atoms with E-state index in [-0.39, 0.29) is 12.4 Å². The molecule has 118 valence electrons. The van der Waals surface area contributed by atoms with Gasteiger partial charge in [-0.05, 0) is 24.1 Å². The fourth-order valence-corrected chi connectivity index (χ4v) is 3.09. The molecule has 0 fully saturated rings. The number of benzene rings is 1. The van der Waals surface area contributed by atoms with E-state index in [0.717, 1.165) is 24.8 Å². The Morgan fingerprint density at radius 1 is 1.36 bits per heavy atom. The minimum Gasteiger partial charge on any atom is -0.336 e. The number of hydrogen-bond donors (Lipinski definition) is 0. The van der Waals surface area contributed by atoms with Crippen molar-refractivity contribution in [3.63, 3.8) is 0 Å². The van der Waals surface area contributed by atoms with Gasteiger partial charge >= 0.3 is 0 Å². The van der Waals surface area contributed by atoms with Gasteiger partial charge in [0.2, 0.25) is 0 Å². The molecule has 1 unspecified atom stereocenters. The number of hydrogen-bond acceptors (Lipinski definition) is 2. The van der Waals surface area contributed by atoms with Crippen LogP contribution in [-0.4, -0.2) is 9.55 Å². The van der Waals surface area contributed by atoms with Crippen molar-refractivity contribution in [1.29, 1.82) is 5.26 Å². The normalized spacial score (nSPS) is 13.0. The number of halogens is 3. The molecule has 6 heteroatoms. The van der Waals surface area contributed by atoms with E-state index >= 15 is 0 Å². The van der Waals surface area contributed by atoms with Crippen molar-refractivity contribution >= 4 is 35.6 Å². The molecule has 0 aliphatic heterocycles. The van der Waals surface area contributed by atoms with Crippen LogP contribution in [0.3, 0.4) is 0 Å². The molecule has 0 aliphatic rings. The highest BCUT2D eigenvalue weighted by Crippen LogP contribution is 2.37. The number of imidazole rings is 1. The molecule has 0 radical (unpaired) electrons. The van der Waals surface area contributed by atoms with E-state index in [1.165, 1.54) is 0 Å². The molecule has 22 heavy (non-hydrogen) atoms. The fraction of sp³-hybridized carbons (Fsp3) is 0.375. The van der Waals surface area contributed by atoms with Crippen LogP contribution in [0.4, 0.5) is 0 Å². The minimum absolute atomic E-state index is 0. The van der Waals surface area contributed by atoms with Crippen molar-refractivity contribution < 1.29 is 0 Å². The lowest BCUT2D eigenvalue weighted by atomic mass is 9.77. The third-order valence-electron chi connectivity index (χ3n) is 3.63. The number of unbranched alkanes of at least 4 members (excludes halogenated alkanes) is 1. The van der Waals surface area contributed by atoms with Crippen LogP contribution in [0, 0.1) is 11.3 Å². The Morgan fingerprint density at radius 3 is 2.68 bits per heavy atom. The van der Waals surface area contributed by atoms with Crippen molar-refractivity contribution in [2.45, 2.75) is 38.1 Å². The maximum absolute atomic E-state index is 9.87. The van der Waals surface area contributed by atoms with Crippen molar-refractivity contribution in [2.75, 3.05) is 0 Å². The highest BCUT2D eigenvalue weighted by Gasteiger charge is 2.34. The monoisotopic (exact) mass is 357 g/mol. The molecular formula is C16H18Cl3N3. The Bertz CT molecular complexity index is 635. The van der Waals surface area contributed by atoms with Crippen molar-refractivity contribution in [3.8, 4) is 6.07 Å². The van der Waals surface area contributed by atoms with Crippen LogP contribution in [0.25, 0.3) is 0 Å². The molecule has 0 saturated heterocycles. The number of nitriles is 1. The van der Waals surface area contributed by atoms with Crippen LogP contribution in [0.2, 0.25) is 10.0 Å². The van der Waals surface area contributed by atoms with Gasteiger partial charge in [-0.25, -0.2) is 4.98 Å². The minimum atomic E-state index is -0.668. The van der Waals surface area contributed by atoms with E-state index in [9.17, 15) is 5.26 Å². The second-order valence-electron chi connectivity index (χ2n) is 5.16. The third-order valence-corrected chi connectivity index (χ3v) is 4.18. The van der Waals surface area contributed by atoms with Crippen LogP contribution in [-0.2, 0) is 12.0 Å². The molecule has 0 N–H and O–H groups in total. The van der Waals surface area contributed by atoms with Gasteiger partial charge < -0.3 is 4.57 Å². The zero-order valence-corrected chi connectivity index (χ0v) is 14.6. The van der Waals surface area contributed by atoms with Gasteiger partial charge in [-0.3, -0.25) is 0 Å². The first-order valence-corrected chi connectivity index (χ1v) is 7.69. The van der Waals surface area contributed by atoms with Crippen molar-refractivity contribution in [1.82, 2.24) is 9.55 Å².